The Bertz CT molecular complexity index is 510. The molecule has 2 amide bonds. The van der Waals surface area contributed by atoms with Crippen molar-refractivity contribution >= 4 is 23.6 Å². The van der Waals surface area contributed by atoms with E-state index in [4.69, 9.17) is 21.8 Å². The Labute approximate surface area is 128 Å². The van der Waals surface area contributed by atoms with Crippen molar-refractivity contribution in [2.45, 2.75) is 25.4 Å². The standard InChI is InChI=1S/C14H19ClN2O4/c1-9(10-4-3-5-11(15)8-10)17(2)14(21)16-12(6-7-18)13(19)20/h3-5,8-9,12,18H,6-7H2,1-2H3,(H,16,21)(H,19,20)/t9?,12-/m0/s1. The molecule has 0 radical (unpaired) electrons. The number of halogens is 1. The summed E-state index contributed by atoms with van der Waals surface area (Å²) in [5.74, 6) is -1.18. The van der Waals surface area contributed by atoms with Crippen LogP contribution in [0.25, 0.3) is 0 Å². The molecule has 0 spiro atoms. The molecular formula is C14H19ClN2O4. The lowest BCUT2D eigenvalue weighted by Gasteiger charge is -2.27. The normalized spacial score (nSPS) is 13.3. The highest BCUT2D eigenvalue weighted by Crippen LogP contribution is 2.21. The van der Waals surface area contributed by atoms with Gasteiger partial charge in [0.15, 0.2) is 0 Å². The molecule has 7 heteroatoms. The lowest BCUT2D eigenvalue weighted by Crippen LogP contribution is -2.47. The third-order valence-electron chi connectivity index (χ3n) is 3.25. The quantitative estimate of drug-likeness (QED) is 0.748. The Morgan fingerprint density at radius 3 is 2.62 bits per heavy atom. The minimum absolute atomic E-state index is 0.0412. The van der Waals surface area contributed by atoms with Gasteiger partial charge in [0.25, 0.3) is 0 Å². The summed E-state index contributed by atoms with van der Waals surface area (Å²) >= 11 is 5.92. The van der Waals surface area contributed by atoms with Crippen LogP contribution in [0.4, 0.5) is 4.79 Å². The van der Waals surface area contributed by atoms with Crippen molar-refractivity contribution in [1.82, 2.24) is 10.2 Å². The van der Waals surface area contributed by atoms with E-state index in [9.17, 15) is 9.59 Å². The van der Waals surface area contributed by atoms with Crippen molar-refractivity contribution in [3.63, 3.8) is 0 Å². The first-order chi connectivity index (χ1) is 9.86. The van der Waals surface area contributed by atoms with Crippen LogP contribution in [0, 0.1) is 0 Å². The molecule has 0 aliphatic heterocycles. The van der Waals surface area contributed by atoms with E-state index < -0.39 is 18.0 Å². The molecule has 1 aromatic carbocycles. The van der Waals surface area contributed by atoms with E-state index in [2.05, 4.69) is 5.32 Å². The van der Waals surface area contributed by atoms with E-state index in [1.54, 1.807) is 25.2 Å². The lowest BCUT2D eigenvalue weighted by molar-refractivity contribution is -0.139. The Morgan fingerprint density at radius 1 is 1.43 bits per heavy atom. The van der Waals surface area contributed by atoms with Crippen LogP contribution in [0.2, 0.25) is 5.02 Å². The molecule has 0 bridgehead atoms. The van der Waals surface area contributed by atoms with Gasteiger partial charge in [0.2, 0.25) is 0 Å². The number of hydrogen-bond acceptors (Lipinski definition) is 3. The number of hydrogen-bond donors (Lipinski definition) is 3. The predicted molar refractivity (Wildman–Crippen MR) is 79.3 cm³/mol. The summed E-state index contributed by atoms with van der Waals surface area (Å²) in [6.07, 6.45) is -0.0412. The van der Waals surface area contributed by atoms with E-state index in [0.29, 0.717) is 5.02 Å². The zero-order valence-corrected chi connectivity index (χ0v) is 12.7. The van der Waals surface area contributed by atoms with Gasteiger partial charge < -0.3 is 20.4 Å². The van der Waals surface area contributed by atoms with Crippen LogP contribution in [0.15, 0.2) is 24.3 Å². The van der Waals surface area contributed by atoms with Crippen LogP contribution in [-0.4, -0.2) is 46.8 Å². The zero-order chi connectivity index (χ0) is 16.0. The van der Waals surface area contributed by atoms with Gasteiger partial charge in [-0.05, 0) is 24.6 Å². The highest BCUT2D eigenvalue weighted by atomic mass is 35.5. The number of benzene rings is 1. The van der Waals surface area contributed by atoms with Gasteiger partial charge in [-0.25, -0.2) is 9.59 Å². The number of carboxylic acid groups (broad SMARTS) is 1. The molecule has 0 aliphatic rings. The maximum atomic E-state index is 12.1. The molecule has 6 nitrogen and oxygen atoms in total. The first-order valence-corrected chi connectivity index (χ1v) is 6.87. The molecule has 0 saturated heterocycles. The average Bonchev–Trinajstić information content (AvgIpc) is 2.44. The molecule has 0 saturated carbocycles. The number of nitrogens with one attached hydrogen (secondary N) is 1. The summed E-state index contributed by atoms with van der Waals surface area (Å²) < 4.78 is 0. The number of nitrogens with zero attached hydrogens (tertiary/aromatic N) is 1. The highest BCUT2D eigenvalue weighted by molar-refractivity contribution is 6.30. The molecule has 1 unspecified atom stereocenters. The van der Waals surface area contributed by atoms with Gasteiger partial charge in [0, 0.05) is 25.1 Å². The molecule has 1 rings (SSSR count). The SMILES string of the molecule is CC(c1cccc(Cl)c1)N(C)C(=O)N[C@@H](CCO)C(=O)O. The van der Waals surface area contributed by atoms with Gasteiger partial charge in [0.05, 0.1) is 6.04 Å². The highest BCUT2D eigenvalue weighted by Gasteiger charge is 2.24. The van der Waals surface area contributed by atoms with Crippen molar-refractivity contribution in [3.05, 3.63) is 34.9 Å². The molecule has 0 aliphatic carbocycles. The number of aliphatic hydroxyl groups is 1. The van der Waals surface area contributed by atoms with Crippen LogP contribution in [0.5, 0.6) is 0 Å². The van der Waals surface area contributed by atoms with Crippen molar-refractivity contribution in [2.75, 3.05) is 13.7 Å². The largest absolute Gasteiger partial charge is 0.480 e. The van der Waals surface area contributed by atoms with Gasteiger partial charge in [-0.15, -0.1) is 0 Å². The second-order valence-electron chi connectivity index (χ2n) is 4.69. The zero-order valence-electron chi connectivity index (χ0n) is 11.9. The number of amides is 2. The smallest absolute Gasteiger partial charge is 0.326 e. The number of carbonyl (C=O) groups is 2. The minimum Gasteiger partial charge on any atom is -0.480 e. The molecule has 21 heavy (non-hydrogen) atoms. The van der Waals surface area contributed by atoms with Crippen molar-refractivity contribution in [2.24, 2.45) is 0 Å². The van der Waals surface area contributed by atoms with Gasteiger partial charge in [-0.2, -0.15) is 0 Å². The van der Waals surface area contributed by atoms with Gasteiger partial charge in [-0.3, -0.25) is 0 Å². The molecule has 0 aromatic heterocycles. The monoisotopic (exact) mass is 314 g/mol. The average molecular weight is 315 g/mol. The number of urea groups is 1. The Balaban J connectivity index is 2.75. The van der Waals surface area contributed by atoms with Crippen LogP contribution in [-0.2, 0) is 4.79 Å². The number of rotatable bonds is 6. The fraction of sp³-hybridized carbons (Fsp3) is 0.429. The van der Waals surface area contributed by atoms with E-state index in [-0.39, 0.29) is 19.1 Å². The third kappa shape index (κ3) is 4.91. The minimum atomic E-state index is -1.18. The first kappa shape index (κ1) is 17.3. The molecule has 0 fully saturated rings. The van der Waals surface area contributed by atoms with E-state index in [1.807, 2.05) is 13.0 Å². The fourth-order valence-electron chi connectivity index (χ4n) is 1.80. The van der Waals surface area contributed by atoms with Crippen LogP contribution >= 0.6 is 11.6 Å². The van der Waals surface area contributed by atoms with Crippen molar-refractivity contribution < 1.29 is 19.8 Å². The first-order valence-electron chi connectivity index (χ1n) is 6.49. The molecule has 2 atom stereocenters. The van der Waals surface area contributed by atoms with Gasteiger partial charge >= 0.3 is 12.0 Å². The molecule has 0 heterocycles. The molecule has 3 N–H and O–H groups in total. The summed E-state index contributed by atoms with van der Waals surface area (Å²) in [4.78, 5) is 24.4. The topological polar surface area (TPSA) is 89.9 Å². The van der Waals surface area contributed by atoms with Crippen LogP contribution in [0.3, 0.4) is 0 Å². The van der Waals surface area contributed by atoms with Gasteiger partial charge in [-0.1, -0.05) is 23.7 Å². The van der Waals surface area contributed by atoms with E-state index in [0.717, 1.165) is 5.56 Å². The van der Waals surface area contributed by atoms with Crippen molar-refractivity contribution in [1.29, 1.82) is 0 Å². The Hall–Kier alpha value is -1.79. The molecule has 1 aromatic rings. The van der Waals surface area contributed by atoms with Crippen LogP contribution in [0.1, 0.15) is 24.9 Å². The second kappa shape index (κ2) is 7.85. The third-order valence-corrected chi connectivity index (χ3v) is 3.48. The summed E-state index contributed by atoms with van der Waals surface area (Å²) in [6, 6.07) is 5.19. The number of carboxylic acids is 1. The summed E-state index contributed by atoms with van der Waals surface area (Å²) in [7, 11) is 1.57. The maximum absolute atomic E-state index is 12.1. The van der Waals surface area contributed by atoms with E-state index >= 15 is 0 Å². The second-order valence-corrected chi connectivity index (χ2v) is 5.13. The number of aliphatic carboxylic acids is 1. The van der Waals surface area contributed by atoms with Crippen LogP contribution < -0.4 is 5.32 Å². The lowest BCUT2D eigenvalue weighted by atomic mass is 10.1. The number of aliphatic hydroxyl groups excluding tert-OH is 1. The predicted octanol–water partition coefficient (Wildman–Crippen LogP) is 1.88. The molecular weight excluding hydrogens is 296 g/mol. The van der Waals surface area contributed by atoms with Gasteiger partial charge in [0.1, 0.15) is 6.04 Å². The molecule has 116 valence electrons. The summed E-state index contributed by atoms with van der Waals surface area (Å²) in [5.41, 5.74) is 0.842. The number of carbonyl (C=O) groups excluding carboxylic acids is 1. The van der Waals surface area contributed by atoms with Crippen molar-refractivity contribution in [3.8, 4) is 0 Å². The van der Waals surface area contributed by atoms with E-state index in [1.165, 1.54) is 4.90 Å². The summed E-state index contributed by atoms with van der Waals surface area (Å²) in [6.45, 7) is 1.50. The maximum Gasteiger partial charge on any atom is 0.326 e. The fourth-order valence-corrected chi connectivity index (χ4v) is 2.00. The summed E-state index contributed by atoms with van der Waals surface area (Å²) in [5, 5.41) is 20.7. The Morgan fingerprint density at radius 2 is 2.10 bits per heavy atom. The Kier molecular flexibility index (Phi) is 6.45.